The molecule has 3 aromatic rings. The van der Waals surface area contributed by atoms with Crippen molar-refractivity contribution in [3.8, 4) is 11.5 Å². The number of methoxy groups -OCH3 is 1. The molecule has 168 valence electrons. The monoisotopic (exact) mass is 474 g/mol. The summed E-state index contributed by atoms with van der Waals surface area (Å²) in [6.45, 7) is 1.84. The normalized spacial score (nSPS) is 12.0. The number of ether oxygens (including phenoxy) is 2. The van der Waals surface area contributed by atoms with E-state index in [1.807, 2.05) is 6.92 Å². The van der Waals surface area contributed by atoms with Gasteiger partial charge in [-0.2, -0.15) is 0 Å². The lowest BCUT2D eigenvalue weighted by molar-refractivity contribution is -0.122. The molecule has 0 fully saturated rings. The molecular formula is C23H23ClN2O5S. The largest absolute Gasteiger partial charge is 0.497 e. The van der Waals surface area contributed by atoms with Crippen LogP contribution in [0.5, 0.6) is 11.5 Å². The lowest BCUT2D eigenvalue weighted by Gasteiger charge is -2.18. The summed E-state index contributed by atoms with van der Waals surface area (Å²) >= 11 is 5.82. The van der Waals surface area contributed by atoms with Crippen molar-refractivity contribution in [2.24, 2.45) is 0 Å². The third-order valence-corrected chi connectivity index (χ3v) is 6.16. The Labute approximate surface area is 192 Å². The molecule has 0 heterocycles. The van der Waals surface area contributed by atoms with E-state index in [0.717, 1.165) is 0 Å². The van der Waals surface area contributed by atoms with E-state index >= 15 is 0 Å². The Balaban J connectivity index is 1.65. The van der Waals surface area contributed by atoms with E-state index in [4.69, 9.17) is 21.1 Å². The summed E-state index contributed by atoms with van der Waals surface area (Å²) in [5, 5.41) is 3.26. The minimum Gasteiger partial charge on any atom is -0.497 e. The second-order valence-corrected chi connectivity index (χ2v) is 8.94. The fourth-order valence-corrected chi connectivity index (χ4v) is 4.02. The van der Waals surface area contributed by atoms with E-state index in [0.29, 0.717) is 34.3 Å². The van der Waals surface area contributed by atoms with Gasteiger partial charge in [0, 0.05) is 22.5 Å². The number of carbonyl (C=O) groups excluding carboxylic acids is 1. The molecule has 0 saturated carbocycles. The molecule has 0 aliphatic rings. The smallest absolute Gasteiger partial charge is 0.265 e. The van der Waals surface area contributed by atoms with Gasteiger partial charge in [-0.15, -0.1) is 0 Å². The maximum Gasteiger partial charge on any atom is 0.265 e. The molecule has 3 rings (SSSR count). The van der Waals surface area contributed by atoms with E-state index in [-0.39, 0.29) is 10.8 Å². The SMILES string of the molecule is CC[C@H](Oc1cccc(OC)c1)C(=O)Nc1ccc(S(=O)(=O)Nc2ccc(Cl)cc2)cc1. The summed E-state index contributed by atoms with van der Waals surface area (Å²) in [7, 11) is -2.23. The Kier molecular flexibility index (Phi) is 7.61. The number of anilines is 2. The van der Waals surface area contributed by atoms with E-state index < -0.39 is 16.1 Å². The van der Waals surface area contributed by atoms with Crippen molar-refractivity contribution in [1.29, 1.82) is 0 Å². The van der Waals surface area contributed by atoms with Crippen molar-refractivity contribution >= 4 is 38.9 Å². The van der Waals surface area contributed by atoms with Gasteiger partial charge >= 0.3 is 0 Å². The molecule has 0 aromatic heterocycles. The number of nitrogens with one attached hydrogen (secondary N) is 2. The molecule has 9 heteroatoms. The van der Waals surface area contributed by atoms with Gasteiger partial charge in [0.05, 0.1) is 12.0 Å². The maximum absolute atomic E-state index is 12.6. The number of hydrogen-bond donors (Lipinski definition) is 2. The summed E-state index contributed by atoms with van der Waals surface area (Å²) in [6, 6.07) is 19.2. The summed E-state index contributed by atoms with van der Waals surface area (Å²) in [5.74, 6) is 0.799. The molecule has 0 unspecified atom stereocenters. The number of amides is 1. The highest BCUT2D eigenvalue weighted by Crippen LogP contribution is 2.22. The molecule has 2 N–H and O–H groups in total. The molecule has 1 amide bonds. The Morgan fingerprint density at radius 2 is 1.59 bits per heavy atom. The number of halogens is 1. The predicted molar refractivity (Wildman–Crippen MR) is 125 cm³/mol. The zero-order valence-electron chi connectivity index (χ0n) is 17.5. The topological polar surface area (TPSA) is 93.7 Å². The lowest BCUT2D eigenvalue weighted by atomic mass is 10.2. The van der Waals surface area contributed by atoms with Crippen molar-refractivity contribution in [3.05, 3.63) is 77.8 Å². The zero-order chi connectivity index (χ0) is 23.1. The van der Waals surface area contributed by atoms with E-state index in [2.05, 4.69) is 10.0 Å². The summed E-state index contributed by atoms with van der Waals surface area (Å²) in [4.78, 5) is 12.7. The van der Waals surface area contributed by atoms with Gasteiger partial charge in [-0.05, 0) is 67.1 Å². The first kappa shape index (κ1) is 23.4. The number of hydrogen-bond acceptors (Lipinski definition) is 5. The molecule has 0 aliphatic heterocycles. The fraction of sp³-hybridized carbons (Fsp3) is 0.174. The molecule has 0 bridgehead atoms. The van der Waals surface area contributed by atoms with E-state index in [1.54, 1.807) is 55.6 Å². The summed E-state index contributed by atoms with van der Waals surface area (Å²) < 4.78 is 38.6. The quantitative estimate of drug-likeness (QED) is 0.458. The maximum atomic E-state index is 12.6. The van der Waals surface area contributed by atoms with Gasteiger partial charge in [0.2, 0.25) is 0 Å². The first-order chi connectivity index (χ1) is 15.3. The second-order valence-electron chi connectivity index (χ2n) is 6.82. The Morgan fingerprint density at radius 3 is 2.22 bits per heavy atom. The van der Waals surface area contributed by atoms with Crippen molar-refractivity contribution in [1.82, 2.24) is 0 Å². The van der Waals surface area contributed by atoms with Crippen LogP contribution in [-0.2, 0) is 14.8 Å². The van der Waals surface area contributed by atoms with Crippen LogP contribution in [0, 0.1) is 0 Å². The van der Waals surface area contributed by atoms with Gasteiger partial charge in [0.1, 0.15) is 11.5 Å². The molecule has 0 spiro atoms. The fourth-order valence-electron chi connectivity index (χ4n) is 2.83. The molecule has 7 nitrogen and oxygen atoms in total. The van der Waals surface area contributed by atoms with Crippen molar-refractivity contribution < 1.29 is 22.7 Å². The lowest BCUT2D eigenvalue weighted by Crippen LogP contribution is -2.32. The second kappa shape index (κ2) is 10.4. The van der Waals surface area contributed by atoms with Crippen molar-refractivity contribution in [3.63, 3.8) is 0 Å². The zero-order valence-corrected chi connectivity index (χ0v) is 19.1. The molecule has 0 aliphatic carbocycles. The van der Waals surface area contributed by atoms with Gasteiger partial charge in [-0.25, -0.2) is 8.42 Å². The van der Waals surface area contributed by atoms with Crippen LogP contribution in [-0.4, -0.2) is 27.5 Å². The Hall–Kier alpha value is -3.23. The van der Waals surface area contributed by atoms with Crippen molar-refractivity contribution in [2.45, 2.75) is 24.3 Å². The van der Waals surface area contributed by atoms with E-state index in [9.17, 15) is 13.2 Å². The van der Waals surface area contributed by atoms with Crippen LogP contribution in [0.3, 0.4) is 0 Å². The van der Waals surface area contributed by atoms with Crippen molar-refractivity contribution in [2.75, 3.05) is 17.1 Å². The number of rotatable bonds is 9. The molecule has 0 radical (unpaired) electrons. The Morgan fingerprint density at radius 1 is 0.969 bits per heavy atom. The van der Waals surface area contributed by atoms with Gasteiger partial charge in [-0.3, -0.25) is 9.52 Å². The predicted octanol–water partition coefficient (Wildman–Crippen LogP) is 4.95. The van der Waals surface area contributed by atoms with Crippen LogP contribution in [0.15, 0.2) is 77.7 Å². The van der Waals surface area contributed by atoms with Crippen LogP contribution >= 0.6 is 11.6 Å². The minimum atomic E-state index is -3.78. The van der Waals surface area contributed by atoms with Gasteiger partial charge in [0.25, 0.3) is 15.9 Å². The van der Waals surface area contributed by atoms with E-state index in [1.165, 1.54) is 24.3 Å². The molecule has 32 heavy (non-hydrogen) atoms. The van der Waals surface area contributed by atoms with Gasteiger partial charge < -0.3 is 14.8 Å². The first-order valence-corrected chi connectivity index (χ1v) is 11.7. The van der Waals surface area contributed by atoms with Crippen LogP contribution in [0.25, 0.3) is 0 Å². The average Bonchev–Trinajstić information content (AvgIpc) is 2.79. The molecular weight excluding hydrogens is 452 g/mol. The van der Waals surface area contributed by atoms with Gasteiger partial charge in [-0.1, -0.05) is 24.6 Å². The third-order valence-electron chi connectivity index (χ3n) is 4.51. The highest BCUT2D eigenvalue weighted by Gasteiger charge is 2.20. The van der Waals surface area contributed by atoms with Crippen LogP contribution in [0.2, 0.25) is 5.02 Å². The average molecular weight is 475 g/mol. The minimum absolute atomic E-state index is 0.0603. The molecule has 3 aromatic carbocycles. The standard InChI is InChI=1S/C23H23ClN2O5S/c1-3-22(31-20-6-4-5-19(15-20)30-2)23(27)25-17-11-13-21(14-12-17)32(28,29)26-18-9-7-16(24)8-10-18/h4-15,22,26H,3H2,1-2H3,(H,25,27)/t22-/m0/s1. The van der Waals surface area contributed by atoms with Crippen LogP contribution in [0.4, 0.5) is 11.4 Å². The molecule has 0 saturated heterocycles. The number of sulfonamides is 1. The van der Waals surface area contributed by atoms with Gasteiger partial charge in [0.15, 0.2) is 6.10 Å². The first-order valence-electron chi connectivity index (χ1n) is 9.81. The number of carbonyl (C=O) groups is 1. The van der Waals surface area contributed by atoms with Crippen LogP contribution < -0.4 is 19.5 Å². The number of benzene rings is 3. The highest BCUT2D eigenvalue weighted by atomic mass is 35.5. The Bertz CT molecular complexity index is 1170. The van der Waals surface area contributed by atoms with Crippen LogP contribution in [0.1, 0.15) is 13.3 Å². The molecule has 1 atom stereocenters. The third kappa shape index (κ3) is 6.15. The highest BCUT2D eigenvalue weighted by molar-refractivity contribution is 7.92. The summed E-state index contributed by atoms with van der Waals surface area (Å²) in [6.07, 6.45) is -0.280. The summed E-state index contributed by atoms with van der Waals surface area (Å²) in [5.41, 5.74) is 0.848.